The van der Waals surface area contributed by atoms with E-state index < -0.39 is 0 Å². The zero-order valence-corrected chi connectivity index (χ0v) is 16.3. The molecule has 0 amide bonds. The van der Waals surface area contributed by atoms with E-state index in [4.69, 9.17) is 19.9 Å². The maximum absolute atomic E-state index is 13.0. The Labute approximate surface area is 163 Å². The van der Waals surface area contributed by atoms with Crippen LogP contribution in [0.4, 0.5) is 10.1 Å². The minimum atomic E-state index is -0.342. The van der Waals surface area contributed by atoms with Gasteiger partial charge in [-0.25, -0.2) is 9.38 Å². The molecule has 0 aliphatic heterocycles. The molecule has 6 nitrogen and oxygen atoms in total. The van der Waals surface area contributed by atoms with Crippen LogP contribution in [0.3, 0.4) is 0 Å². The van der Waals surface area contributed by atoms with Gasteiger partial charge in [0.15, 0.2) is 17.5 Å². The van der Waals surface area contributed by atoms with Crippen LogP contribution in [0, 0.1) is 5.82 Å². The second-order valence-corrected chi connectivity index (χ2v) is 4.77. The van der Waals surface area contributed by atoms with Crippen molar-refractivity contribution >= 4 is 35.6 Å². The molecule has 0 bridgehead atoms. The van der Waals surface area contributed by atoms with Crippen LogP contribution in [-0.2, 0) is 0 Å². The molecule has 0 heterocycles. The molecule has 0 aliphatic rings. The van der Waals surface area contributed by atoms with Crippen LogP contribution >= 0.6 is 24.0 Å². The predicted octanol–water partition coefficient (Wildman–Crippen LogP) is 3.27. The van der Waals surface area contributed by atoms with E-state index in [0.29, 0.717) is 23.8 Å². The first-order valence-electron chi connectivity index (χ1n) is 7.29. The van der Waals surface area contributed by atoms with Crippen molar-refractivity contribution in [1.82, 2.24) is 0 Å². The number of nitrogens with two attached hydrogens (primary N) is 1. The number of methoxy groups -OCH3 is 2. The van der Waals surface area contributed by atoms with E-state index in [-0.39, 0.29) is 42.4 Å². The molecule has 0 fully saturated rings. The largest absolute Gasteiger partial charge is 0.493 e. The molecule has 0 atom stereocenters. The number of halogens is 2. The van der Waals surface area contributed by atoms with Crippen molar-refractivity contribution in [1.29, 1.82) is 0 Å². The first kappa shape index (κ1) is 20.8. The van der Waals surface area contributed by atoms with Gasteiger partial charge in [-0.3, -0.25) is 0 Å². The topological polar surface area (TPSA) is 78.1 Å². The maximum atomic E-state index is 13.0. The van der Waals surface area contributed by atoms with Crippen LogP contribution in [0.1, 0.15) is 0 Å². The Morgan fingerprint density at radius 1 is 1.12 bits per heavy atom. The van der Waals surface area contributed by atoms with Crippen LogP contribution in [-0.4, -0.2) is 33.3 Å². The minimum absolute atomic E-state index is 0. The molecule has 0 spiro atoms. The van der Waals surface area contributed by atoms with E-state index in [1.54, 1.807) is 44.6 Å². The number of benzene rings is 2. The smallest absolute Gasteiger partial charge is 0.193 e. The normalized spacial score (nSPS) is 10.6. The zero-order chi connectivity index (χ0) is 17.4. The number of rotatable bonds is 7. The first-order chi connectivity index (χ1) is 11.6. The molecule has 0 aromatic heterocycles. The molecular weight excluding hydrogens is 440 g/mol. The number of anilines is 1. The average Bonchev–Trinajstić information content (AvgIpc) is 2.58. The summed E-state index contributed by atoms with van der Waals surface area (Å²) in [7, 11) is 3.13. The summed E-state index contributed by atoms with van der Waals surface area (Å²) in [6.07, 6.45) is 0. The molecule has 3 N–H and O–H groups in total. The van der Waals surface area contributed by atoms with E-state index in [1.807, 2.05) is 0 Å². The quantitative estimate of drug-likeness (QED) is 0.287. The van der Waals surface area contributed by atoms with E-state index in [1.165, 1.54) is 12.1 Å². The van der Waals surface area contributed by atoms with Crippen LogP contribution in [0.15, 0.2) is 47.5 Å². The van der Waals surface area contributed by atoms with Gasteiger partial charge in [-0.1, -0.05) is 6.07 Å². The predicted molar refractivity (Wildman–Crippen MR) is 107 cm³/mol. The van der Waals surface area contributed by atoms with Gasteiger partial charge in [0.1, 0.15) is 18.2 Å². The molecule has 8 heteroatoms. The molecule has 2 aromatic carbocycles. The summed E-state index contributed by atoms with van der Waals surface area (Å²) in [5.74, 6) is 1.57. The van der Waals surface area contributed by atoms with Crippen molar-refractivity contribution in [2.45, 2.75) is 0 Å². The second kappa shape index (κ2) is 10.6. The van der Waals surface area contributed by atoms with Gasteiger partial charge in [0.05, 0.1) is 20.8 Å². The minimum Gasteiger partial charge on any atom is -0.493 e. The highest BCUT2D eigenvalue weighted by atomic mass is 127. The molecule has 0 saturated carbocycles. The van der Waals surface area contributed by atoms with Crippen molar-refractivity contribution in [2.75, 3.05) is 32.7 Å². The number of hydrogen-bond donors (Lipinski definition) is 2. The summed E-state index contributed by atoms with van der Waals surface area (Å²) in [5, 5.41) is 2.95. The van der Waals surface area contributed by atoms with Gasteiger partial charge in [0.2, 0.25) is 0 Å². The van der Waals surface area contributed by atoms with Gasteiger partial charge in [0.25, 0.3) is 0 Å². The summed E-state index contributed by atoms with van der Waals surface area (Å²) in [5.41, 5.74) is 6.54. The third-order valence-corrected chi connectivity index (χ3v) is 3.09. The third kappa shape index (κ3) is 6.65. The summed E-state index contributed by atoms with van der Waals surface area (Å²) >= 11 is 0. The first-order valence-corrected chi connectivity index (χ1v) is 7.29. The third-order valence-electron chi connectivity index (χ3n) is 3.09. The van der Waals surface area contributed by atoms with E-state index >= 15 is 0 Å². The highest BCUT2D eigenvalue weighted by Crippen LogP contribution is 2.29. The molecule has 0 aliphatic carbocycles. The monoisotopic (exact) mass is 461 g/mol. The molecule has 0 unspecified atom stereocenters. The van der Waals surface area contributed by atoms with E-state index in [2.05, 4.69) is 10.3 Å². The molecule has 0 radical (unpaired) electrons. The Morgan fingerprint density at radius 3 is 2.56 bits per heavy atom. The lowest BCUT2D eigenvalue weighted by molar-refractivity contribution is 0.327. The van der Waals surface area contributed by atoms with Gasteiger partial charge in [-0.2, -0.15) is 0 Å². The van der Waals surface area contributed by atoms with Gasteiger partial charge >= 0.3 is 0 Å². The Kier molecular flexibility index (Phi) is 8.82. The van der Waals surface area contributed by atoms with Crippen LogP contribution in [0.5, 0.6) is 17.2 Å². The van der Waals surface area contributed by atoms with Crippen molar-refractivity contribution in [3.8, 4) is 17.2 Å². The molecule has 0 saturated heterocycles. The standard InChI is InChI=1S/C17H20FN3O3.HI/c1-22-15-7-6-13(11-16(15)23-2)21-17(19)20-8-9-24-14-5-3-4-12(18)10-14;/h3-7,10-11H,8-9H2,1-2H3,(H3,19,20,21);1H. The number of nitrogens with one attached hydrogen (secondary N) is 1. The lowest BCUT2D eigenvalue weighted by Gasteiger charge is -2.11. The highest BCUT2D eigenvalue weighted by molar-refractivity contribution is 14.0. The van der Waals surface area contributed by atoms with Crippen molar-refractivity contribution in [3.63, 3.8) is 0 Å². The van der Waals surface area contributed by atoms with Gasteiger partial charge < -0.3 is 25.3 Å². The lowest BCUT2D eigenvalue weighted by Crippen LogP contribution is -2.23. The lowest BCUT2D eigenvalue weighted by atomic mass is 10.3. The number of ether oxygens (including phenoxy) is 3. The SMILES string of the molecule is COc1ccc(NC(N)=NCCOc2cccc(F)c2)cc1OC.I. The van der Waals surface area contributed by atoms with E-state index in [0.717, 1.165) is 5.69 Å². The molecule has 25 heavy (non-hydrogen) atoms. The van der Waals surface area contributed by atoms with Crippen LogP contribution in [0.2, 0.25) is 0 Å². The van der Waals surface area contributed by atoms with Gasteiger partial charge in [-0.05, 0) is 24.3 Å². The Bertz CT molecular complexity index is 713. The van der Waals surface area contributed by atoms with Gasteiger partial charge in [-0.15, -0.1) is 24.0 Å². The molecular formula is C17H21FIN3O3. The van der Waals surface area contributed by atoms with Crippen molar-refractivity contribution in [3.05, 3.63) is 48.3 Å². The summed E-state index contributed by atoms with van der Waals surface area (Å²) in [6, 6.07) is 11.3. The van der Waals surface area contributed by atoms with Crippen molar-refractivity contribution < 1.29 is 18.6 Å². The number of guanidine groups is 1. The summed E-state index contributed by atoms with van der Waals surface area (Å²) in [6.45, 7) is 0.625. The Morgan fingerprint density at radius 2 is 1.88 bits per heavy atom. The molecule has 136 valence electrons. The molecule has 2 rings (SSSR count). The fourth-order valence-corrected chi connectivity index (χ4v) is 1.99. The van der Waals surface area contributed by atoms with Crippen LogP contribution in [0.25, 0.3) is 0 Å². The fraction of sp³-hybridized carbons (Fsp3) is 0.235. The molecule has 2 aromatic rings. The second-order valence-electron chi connectivity index (χ2n) is 4.77. The summed E-state index contributed by atoms with van der Waals surface area (Å²) in [4.78, 5) is 4.15. The van der Waals surface area contributed by atoms with Crippen LogP contribution < -0.4 is 25.3 Å². The number of aliphatic imine (C=N–C) groups is 1. The van der Waals surface area contributed by atoms with E-state index in [9.17, 15) is 4.39 Å². The van der Waals surface area contributed by atoms with Gasteiger partial charge in [0, 0.05) is 17.8 Å². The number of nitrogens with zero attached hydrogens (tertiary/aromatic N) is 1. The highest BCUT2D eigenvalue weighted by Gasteiger charge is 2.05. The summed E-state index contributed by atoms with van der Waals surface area (Å²) < 4.78 is 28.8. The fourth-order valence-electron chi connectivity index (χ4n) is 1.99. The van der Waals surface area contributed by atoms with Crippen molar-refractivity contribution in [2.24, 2.45) is 10.7 Å². The Balaban J connectivity index is 0.00000312. The Hall–Kier alpha value is -2.23. The zero-order valence-electron chi connectivity index (χ0n) is 14.0. The maximum Gasteiger partial charge on any atom is 0.193 e. The average molecular weight is 461 g/mol. The number of hydrogen-bond acceptors (Lipinski definition) is 4.